The minimum Gasteiger partial charge on any atom is -0.484 e. The van der Waals surface area contributed by atoms with E-state index in [2.05, 4.69) is 5.32 Å². The zero-order valence-corrected chi connectivity index (χ0v) is 14.4. The van der Waals surface area contributed by atoms with Crippen molar-refractivity contribution in [3.8, 4) is 5.75 Å². The van der Waals surface area contributed by atoms with Crippen molar-refractivity contribution in [2.75, 3.05) is 18.6 Å². The number of carboxylic acid groups (broad SMARTS) is 1. The average Bonchev–Trinajstić information content (AvgIpc) is 2.46. The van der Waals surface area contributed by atoms with Crippen LogP contribution in [0.4, 0.5) is 0 Å². The molecular weight excluding hydrogens is 326 g/mol. The second-order valence-electron chi connectivity index (χ2n) is 4.90. The van der Waals surface area contributed by atoms with Crippen molar-refractivity contribution in [1.82, 2.24) is 5.32 Å². The van der Waals surface area contributed by atoms with Crippen LogP contribution in [-0.4, -0.2) is 41.6 Å². The van der Waals surface area contributed by atoms with Crippen molar-refractivity contribution in [3.63, 3.8) is 0 Å². The van der Waals surface area contributed by atoms with Crippen molar-refractivity contribution >= 4 is 35.2 Å². The summed E-state index contributed by atoms with van der Waals surface area (Å²) in [5, 5.41) is 12.2. The van der Waals surface area contributed by atoms with Crippen molar-refractivity contribution in [2.24, 2.45) is 0 Å². The molecule has 122 valence electrons. The fraction of sp³-hybridized carbons (Fsp3) is 0.467. The van der Waals surface area contributed by atoms with Crippen molar-refractivity contribution in [2.45, 2.75) is 26.3 Å². The quantitative estimate of drug-likeness (QED) is 0.757. The van der Waals surface area contributed by atoms with Crippen LogP contribution in [0.15, 0.2) is 12.1 Å². The molecule has 0 bridgehead atoms. The topological polar surface area (TPSA) is 75.6 Å². The number of amides is 1. The van der Waals surface area contributed by atoms with Crippen LogP contribution in [-0.2, 0) is 9.59 Å². The molecule has 1 aromatic rings. The molecule has 0 spiro atoms. The molecule has 0 aliphatic rings. The molecule has 2 N–H and O–H groups in total. The van der Waals surface area contributed by atoms with E-state index in [0.29, 0.717) is 22.9 Å². The fourth-order valence-corrected chi connectivity index (χ4v) is 2.45. The third kappa shape index (κ3) is 5.77. The molecule has 0 radical (unpaired) electrons. The first-order valence-corrected chi connectivity index (χ1v) is 8.53. The summed E-state index contributed by atoms with van der Waals surface area (Å²) in [6, 6.07) is 2.59. The lowest BCUT2D eigenvalue weighted by Gasteiger charge is -2.15. The van der Waals surface area contributed by atoms with E-state index in [1.807, 2.05) is 20.1 Å². The highest BCUT2D eigenvalue weighted by Crippen LogP contribution is 2.25. The predicted molar refractivity (Wildman–Crippen MR) is 89.0 cm³/mol. The molecule has 1 atom stereocenters. The summed E-state index contributed by atoms with van der Waals surface area (Å²) in [5.41, 5.74) is 1.72. The number of carboxylic acids is 1. The van der Waals surface area contributed by atoms with Gasteiger partial charge in [-0.25, -0.2) is 4.79 Å². The summed E-state index contributed by atoms with van der Waals surface area (Å²) in [5.74, 6) is -0.307. The van der Waals surface area contributed by atoms with Gasteiger partial charge in [-0.1, -0.05) is 11.6 Å². The summed E-state index contributed by atoms with van der Waals surface area (Å²) in [7, 11) is 0. The Morgan fingerprint density at radius 1 is 1.36 bits per heavy atom. The van der Waals surface area contributed by atoms with E-state index in [1.54, 1.807) is 12.1 Å². The number of ether oxygens (including phenoxy) is 1. The van der Waals surface area contributed by atoms with Crippen LogP contribution in [0.25, 0.3) is 0 Å². The molecule has 1 unspecified atom stereocenters. The first-order chi connectivity index (χ1) is 10.3. The standard InChI is InChI=1S/C15H20ClNO4S/c1-9-6-11(7-10(2)14(9)16)21-8-13(18)17-12(15(19)20)4-5-22-3/h6-7,12H,4-5,8H2,1-3H3,(H,17,18)(H,19,20). The molecular formula is C15H20ClNO4S. The molecule has 1 aromatic carbocycles. The van der Waals surface area contributed by atoms with E-state index in [0.717, 1.165) is 11.1 Å². The third-order valence-corrected chi connectivity index (χ3v) is 4.26. The number of hydrogen-bond donors (Lipinski definition) is 2. The minimum absolute atomic E-state index is 0.233. The predicted octanol–water partition coefficient (Wildman–Crippen LogP) is 2.66. The van der Waals surface area contributed by atoms with Crippen LogP contribution in [0.2, 0.25) is 5.02 Å². The molecule has 0 heterocycles. The van der Waals surface area contributed by atoms with Gasteiger partial charge < -0.3 is 15.2 Å². The lowest BCUT2D eigenvalue weighted by atomic mass is 10.1. The summed E-state index contributed by atoms with van der Waals surface area (Å²) in [4.78, 5) is 22.9. The van der Waals surface area contributed by atoms with Crippen molar-refractivity contribution in [3.05, 3.63) is 28.3 Å². The maximum atomic E-state index is 11.8. The van der Waals surface area contributed by atoms with Gasteiger partial charge in [0.05, 0.1) is 0 Å². The maximum Gasteiger partial charge on any atom is 0.326 e. The van der Waals surface area contributed by atoms with Crippen molar-refractivity contribution in [1.29, 1.82) is 0 Å². The van der Waals surface area contributed by atoms with Gasteiger partial charge >= 0.3 is 5.97 Å². The number of carbonyl (C=O) groups excluding carboxylic acids is 1. The van der Waals surface area contributed by atoms with Gasteiger partial charge in [0.1, 0.15) is 11.8 Å². The van der Waals surface area contributed by atoms with Gasteiger partial charge in [-0.2, -0.15) is 11.8 Å². The zero-order valence-electron chi connectivity index (χ0n) is 12.8. The number of nitrogens with one attached hydrogen (secondary N) is 1. The van der Waals surface area contributed by atoms with Gasteiger partial charge in [-0.3, -0.25) is 4.79 Å². The zero-order chi connectivity index (χ0) is 16.7. The van der Waals surface area contributed by atoms with Gasteiger partial charge in [-0.15, -0.1) is 0 Å². The molecule has 5 nitrogen and oxygen atoms in total. The van der Waals surface area contributed by atoms with Gasteiger partial charge in [0.2, 0.25) is 0 Å². The molecule has 1 rings (SSSR count). The molecule has 0 aromatic heterocycles. The first-order valence-electron chi connectivity index (χ1n) is 6.75. The molecule has 0 aliphatic heterocycles. The monoisotopic (exact) mass is 345 g/mol. The molecule has 22 heavy (non-hydrogen) atoms. The van der Waals surface area contributed by atoms with Gasteiger partial charge in [0.25, 0.3) is 5.91 Å². The normalized spacial score (nSPS) is 11.8. The van der Waals surface area contributed by atoms with Crippen LogP contribution in [0.1, 0.15) is 17.5 Å². The number of aliphatic carboxylic acids is 1. The number of benzene rings is 1. The Balaban J connectivity index is 2.56. The lowest BCUT2D eigenvalue weighted by Crippen LogP contribution is -2.43. The number of carbonyl (C=O) groups is 2. The number of thioether (sulfide) groups is 1. The SMILES string of the molecule is CSCCC(NC(=O)COc1cc(C)c(Cl)c(C)c1)C(=O)O. The van der Waals surface area contributed by atoms with E-state index >= 15 is 0 Å². The largest absolute Gasteiger partial charge is 0.484 e. The third-order valence-electron chi connectivity index (χ3n) is 3.02. The van der Waals surface area contributed by atoms with Gasteiger partial charge in [0.15, 0.2) is 6.61 Å². The van der Waals surface area contributed by atoms with Crippen LogP contribution >= 0.6 is 23.4 Å². The summed E-state index contributed by atoms with van der Waals surface area (Å²) in [6.45, 7) is 3.47. The van der Waals surface area contributed by atoms with Crippen LogP contribution < -0.4 is 10.1 Å². The van der Waals surface area contributed by atoms with Crippen LogP contribution in [0, 0.1) is 13.8 Å². The Bertz CT molecular complexity index is 527. The Labute approximate surface area is 139 Å². The number of hydrogen-bond acceptors (Lipinski definition) is 4. The Kier molecular flexibility index (Phi) is 7.55. The Hall–Kier alpha value is -1.40. The highest BCUT2D eigenvalue weighted by atomic mass is 35.5. The van der Waals surface area contributed by atoms with E-state index in [1.165, 1.54) is 11.8 Å². The summed E-state index contributed by atoms with van der Waals surface area (Å²) in [6.07, 6.45) is 2.26. The van der Waals surface area contributed by atoms with Gasteiger partial charge in [-0.05, 0) is 55.5 Å². The second kappa shape index (κ2) is 8.90. The first kappa shape index (κ1) is 18.6. The second-order valence-corrected chi connectivity index (χ2v) is 6.26. The lowest BCUT2D eigenvalue weighted by molar-refractivity contribution is -0.142. The van der Waals surface area contributed by atoms with E-state index in [-0.39, 0.29) is 6.61 Å². The molecule has 1 amide bonds. The molecule has 0 saturated heterocycles. The van der Waals surface area contributed by atoms with E-state index in [4.69, 9.17) is 21.4 Å². The summed E-state index contributed by atoms with van der Waals surface area (Å²) >= 11 is 7.59. The van der Waals surface area contributed by atoms with E-state index in [9.17, 15) is 9.59 Å². The molecule has 7 heteroatoms. The smallest absolute Gasteiger partial charge is 0.326 e. The summed E-state index contributed by atoms with van der Waals surface area (Å²) < 4.78 is 5.40. The number of halogens is 1. The Morgan fingerprint density at radius 3 is 2.45 bits per heavy atom. The van der Waals surface area contributed by atoms with Gasteiger partial charge in [0, 0.05) is 5.02 Å². The maximum absolute atomic E-state index is 11.8. The number of aryl methyl sites for hydroxylation is 2. The van der Waals surface area contributed by atoms with Crippen LogP contribution in [0.5, 0.6) is 5.75 Å². The Morgan fingerprint density at radius 2 is 1.95 bits per heavy atom. The van der Waals surface area contributed by atoms with Crippen molar-refractivity contribution < 1.29 is 19.4 Å². The fourth-order valence-electron chi connectivity index (χ4n) is 1.87. The van der Waals surface area contributed by atoms with E-state index < -0.39 is 17.9 Å². The average molecular weight is 346 g/mol. The van der Waals surface area contributed by atoms with Crippen LogP contribution in [0.3, 0.4) is 0 Å². The number of rotatable bonds is 8. The highest BCUT2D eigenvalue weighted by molar-refractivity contribution is 7.98. The highest BCUT2D eigenvalue weighted by Gasteiger charge is 2.19. The molecule has 0 aliphatic carbocycles. The molecule has 0 fully saturated rings. The molecule has 0 saturated carbocycles. The minimum atomic E-state index is -1.04.